The van der Waals surface area contributed by atoms with E-state index >= 15 is 0 Å². The number of hydrogen-bond acceptors (Lipinski definition) is 3. The van der Waals surface area contributed by atoms with Gasteiger partial charge in [-0.05, 0) is 31.5 Å². The Balaban J connectivity index is 3.25. The number of rotatable bonds is 5. The lowest BCUT2D eigenvalue weighted by Crippen LogP contribution is -2.10. The third kappa shape index (κ3) is 4.05. The third-order valence-corrected chi connectivity index (χ3v) is 2.50. The number of allylic oxidation sites excluding steroid dienone is 1. The minimum atomic E-state index is -2.57. The fraction of sp³-hybridized carbons (Fsp3) is 0.357. The molecule has 3 nitrogen and oxygen atoms in total. The van der Waals surface area contributed by atoms with Gasteiger partial charge in [0.1, 0.15) is 0 Å². The van der Waals surface area contributed by atoms with Crippen molar-refractivity contribution in [3.63, 3.8) is 0 Å². The van der Waals surface area contributed by atoms with E-state index in [1.165, 1.54) is 18.5 Å². The van der Waals surface area contributed by atoms with Crippen molar-refractivity contribution < 1.29 is 8.78 Å². The first-order valence-corrected chi connectivity index (χ1v) is 6.02. The molecule has 19 heavy (non-hydrogen) atoms. The van der Waals surface area contributed by atoms with Gasteiger partial charge in [0.25, 0.3) is 6.43 Å². The van der Waals surface area contributed by atoms with Crippen LogP contribution in [0, 0.1) is 0 Å². The molecule has 0 atom stereocenters. The highest BCUT2D eigenvalue weighted by Crippen LogP contribution is 2.30. The largest absolute Gasteiger partial charge is 0.404 e. The molecule has 1 rings (SSSR count). The summed E-state index contributed by atoms with van der Waals surface area (Å²) in [6.45, 7) is 3.90. The van der Waals surface area contributed by atoms with Crippen LogP contribution in [-0.2, 0) is 0 Å². The molecular weight excluding hydrogens is 248 g/mol. The maximum absolute atomic E-state index is 13.1. The second-order valence-corrected chi connectivity index (χ2v) is 4.41. The van der Waals surface area contributed by atoms with E-state index in [4.69, 9.17) is 5.73 Å². The number of aliphatic imine (C=N–C) groups is 1. The average Bonchev–Trinajstić information content (AvgIpc) is 2.35. The van der Waals surface area contributed by atoms with Gasteiger partial charge in [0, 0.05) is 42.3 Å². The zero-order valence-electron chi connectivity index (χ0n) is 11.3. The molecular formula is C14H19F2N3. The van der Waals surface area contributed by atoms with E-state index in [-0.39, 0.29) is 11.6 Å². The predicted molar refractivity (Wildman–Crippen MR) is 76.7 cm³/mol. The summed E-state index contributed by atoms with van der Waals surface area (Å²) >= 11 is 0. The van der Waals surface area contributed by atoms with Crippen molar-refractivity contribution in [2.45, 2.75) is 26.3 Å². The summed E-state index contributed by atoms with van der Waals surface area (Å²) in [5.74, 6) is 0. The Labute approximate surface area is 112 Å². The molecule has 0 heterocycles. The summed E-state index contributed by atoms with van der Waals surface area (Å²) < 4.78 is 26.3. The molecule has 0 aliphatic carbocycles. The fourth-order valence-electron chi connectivity index (χ4n) is 1.77. The lowest BCUT2D eigenvalue weighted by atomic mass is 10.00. The Morgan fingerprint density at radius 2 is 2.05 bits per heavy atom. The Bertz CT molecular complexity index is 480. The molecule has 0 spiro atoms. The number of anilines is 1. The highest BCUT2D eigenvalue weighted by molar-refractivity contribution is 6.10. The van der Waals surface area contributed by atoms with Gasteiger partial charge in [0.15, 0.2) is 0 Å². The molecule has 1 aromatic carbocycles. The number of nitrogens with zero attached hydrogens (tertiary/aromatic N) is 1. The molecule has 0 aliphatic rings. The molecule has 0 saturated heterocycles. The van der Waals surface area contributed by atoms with E-state index in [1.54, 1.807) is 19.2 Å². The van der Waals surface area contributed by atoms with Gasteiger partial charge in [0.2, 0.25) is 0 Å². The van der Waals surface area contributed by atoms with Crippen LogP contribution in [0.2, 0.25) is 0 Å². The summed E-state index contributed by atoms with van der Waals surface area (Å²) in [5.41, 5.74) is 6.96. The number of alkyl halides is 2. The van der Waals surface area contributed by atoms with Gasteiger partial charge in [-0.3, -0.25) is 4.99 Å². The summed E-state index contributed by atoms with van der Waals surface area (Å²) in [4.78, 5) is 3.82. The predicted octanol–water partition coefficient (Wildman–Crippen LogP) is 3.44. The van der Waals surface area contributed by atoms with E-state index in [0.717, 1.165) is 0 Å². The van der Waals surface area contributed by atoms with Gasteiger partial charge in [-0.25, -0.2) is 8.78 Å². The summed E-state index contributed by atoms with van der Waals surface area (Å²) in [7, 11) is 1.57. The zero-order chi connectivity index (χ0) is 14.4. The molecule has 0 bridgehead atoms. The lowest BCUT2D eigenvalue weighted by Gasteiger charge is -2.14. The van der Waals surface area contributed by atoms with Crippen LogP contribution in [-0.4, -0.2) is 19.3 Å². The molecule has 0 radical (unpaired) electrons. The maximum Gasteiger partial charge on any atom is 0.264 e. The van der Waals surface area contributed by atoms with Crippen LogP contribution in [0.3, 0.4) is 0 Å². The molecule has 0 unspecified atom stereocenters. The van der Waals surface area contributed by atoms with E-state index in [2.05, 4.69) is 10.3 Å². The van der Waals surface area contributed by atoms with Crippen LogP contribution in [0.25, 0.3) is 5.57 Å². The van der Waals surface area contributed by atoms with Gasteiger partial charge in [-0.2, -0.15) is 0 Å². The first-order valence-electron chi connectivity index (χ1n) is 6.02. The van der Waals surface area contributed by atoms with Gasteiger partial charge in [-0.1, -0.05) is 6.07 Å². The van der Waals surface area contributed by atoms with Gasteiger partial charge < -0.3 is 11.1 Å². The molecule has 0 saturated carbocycles. The topological polar surface area (TPSA) is 50.4 Å². The highest BCUT2D eigenvalue weighted by atomic mass is 19.3. The minimum absolute atomic E-state index is 0.0535. The quantitative estimate of drug-likeness (QED) is 0.803. The monoisotopic (exact) mass is 267 g/mol. The first kappa shape index (κ1) is 15.1. The Morgan fingerprint density at radius 3 is 2.53 bits per heavy atom. The molecule has 0 aliphatic heterocycles. The molecule has 0 amide bonds. The SMILES string of the molecule is CN=C/C(=C\N)c1ccc(NC(C)C)cc1C(F)F. The minimum Gasteiger partial charge on any atom is -0.404 e. The van der Waals surface area contributed by atoms with Crippen LogP contribution in [0.1, 0.15) is 31.4 Å². The molecule has 5 heteroatoms. The molecule has 104 valence electrons. The van der Waals surface area contributed by atoms with Gasteiger partial charge >= 0.3 is 0 Å². The van der Waals surface area contributed by atoms with Crippen molar-refractivity contribution in [1.82, 2.24) is 0 Å². The molecule has 1 aromatic rings. The standard InChI is InChI=1S/C14H19F2N3/c1-9(2)19-11-4-5-12(10(7-17)8-18-3)13(6-11)14(15)16/h4-9,14,19H,17H2,1-3H3/b10-7+,18-8?. The molecule has 0 aromatic heterocycles. The molecule has 3 N–H and O–H groups in total. The Hall–Kier alpha value is -1.91. The summed E-state index contributed by atoms with van der Waals surface area (Å²) in [5, 5.41) is 3.10. The van der Waals surface area contributed by atoms with Crippen LogP contribution in [0.5, 0.6) is 0 Å². The first-order chi connectivity index (χ1) is 8.99. The maximum atomic E-state index is 13.1. The van der Waals surface area contributed by atoms with Crippen LogP contribution in [0.4, 0.5) is 14.5 Å². The zero-order valence-corrected chi connectivity index (χ0v) is 11.3. The summed E-state index contributed by atoms with van der Waals surface area (Å²) in [6.07, 6.45) is 0.185. The Morgan fingerprint density at radius 1 is 1.37 bits per heavy atom. The van der Waals surface area contributed by atoms with Gasteiger partial charge in [0.05, 0.1) is 0 Å². The van der Waals surface area contributed by atoms with Crippen LogP contribution < -0.4 is 11.1 Å². The van der Waals surface area contributed by atoms with Crippen LogP contribution >= 0.6 is 0 Å². The van der Waals surface area contributed by atoms with E-state index in [9.17, 15) is 8.78 Å². The second kappa shape index (κ2) is 6.87. The third-order valence-electron chi connectivity index (χ3n) is 2.50. The fourth-order valence-corrected chi connectivity index (χ4v) is 1.77. The van der Waals surface area contributed by atoms with Gasteiger partial charge in [-0.15, -0.1) is 0 Å². The lowest BCUT2D eigenvalue weighted by molar-refractivity contribution is 0.151. The molecule has 0 fully saturated rings. The van der Waals surface area contributed by atoms with E-state index in [1.807, 2.05) is 13.8 Å². The van der Waals surface area contributed by atoms with E-state index in [0.29, 0.717) is 16.8 Å². The number of nitrogens with one attached hydrogen (secondary N) is 1. The summed E-state index contributed by atoms with van der Waals surface area (Å²) in [6, 6.07) is 5.02. The van der Waals surface area contributed by atoms with Crippen molar-refractivity contribution in [1.29, 1.82) is 0 Å². The number of halogens is 2. The van der Waals surface area contributed by atoms with Crippen molar-refractivity contribution >= 4 is 17.5 Å². The van der Waals surface area contributed by atoms with Crippen molar-refractivity contribution in [3.05, 3.63) is 35.5 Å². The van der Waals surface area contributed by atoms with E-state index < -0.39 is 6.43 Å². The van der Waals surface area contributed by atoms with Crippen molar-refractivity contribution in [3.8, 4) is 0 Å². The van der Waals surface area contributed by atoms with Crippen molar-refractivity contribution in [2.75, 3.05) is 12.4 Å². The highest BCUT2D eigenvalue weighted by Gasteiger charge is 2.16. The second-order valence-electron chi connectivity index (χ2n) is 4.41. The Kier molecular flexibility index (Phi) is 5.48. The number of hydrogen-bond donors (Lipinski definition) is 2. The van der Waals surface area contributed by atoms with Crippen LogP contribution in [0.15, 0.2) is 29.4 Å². The number of benzene rings is 1. The smallest absolute Gasteiger partial charge is 0.264 e. The normalized spacial score (nSPS) is 12.7. The average molecular weight is 267 g/mol. The number of nitrogens with two attached hydrogens (primary N) is 1. The van der Waals surface area contributed by atoms with Crippen molar-refractivity contribution in [2.24, 2.45) is 10.7 Å².